The Morgan fingerprint density at radius 3 is 2.86 bits per heavy atom. The maximum atomic E-state index is 11.7. The number of rotatable bonds is 5. The Balaban J connectivity index is 1.91. The van der Waals surface area contributed by atoms with E-state index in [1.165, 1.54) is 7.05 Å². The Morgan fingerprint density at radius 1 is 1.45 bits per heavy atom. The van der Waals surface area contributed by atoms with Gasteiger partial charge in [0, 0.05) is 12.4 Å². The van der Waals surface area contributed by atoms with Crippen LogP contribution in [0.25, 0.3) is 0 Å². The maximum absolute atomic E-state index is 11.7. The molecule has 2 heterocycles. The third-order valence-electron chi connectivity index (χ3n) is 2.56. The monoisotopic (exact) mass is 341 g/mol. The van der Waals surface area contributed by atoms with Gasteiger partial charge in [-0.2, -0.15) is 0 Å². The Hall–Kier alpha value is -1.94. The fourth-order valence-electron chi connectivity index (χ4n) is 1.48. The van der Waals surface area contributed by atoms with Crippen LogP contribution in [0.2, 0.25) is 0 Å². The molecule has 3 amide bonds. The Bertz CT molecular complexity index is 669. The first kappa shape index (κ1) is 16.4. The van der Waals surface area contributed by atoms with Crippen LogP contribution >= 0.6 is 23.1 Å². The summed E-state index contributed by atoms with van der Waals surface area (Å²) in [6.45, 7) is 3.58. The predicted octanol–water partition coefficient (Wildman–Crippen LogP) is 1.36. The van der Waals surface area contributed by atoms with Crippen molar-refractivity contribution >= 4 is 35.0 Å². The molecule has 8 nitrogen and oxygen atoms in total. The molecule has 22 heavy (non-hydrogen) atoms. The van der Waals surface area contributed by atoms with Crippen LogP contribution in [0.1, 0.15) is 23.5 Å². The van der Waals surface area contributed by atoms with Crippen molar-refractivity contribution in [1.82, 2.24) is 25.8 Å². The smallest absolute Gasteiger partial charge is 0.321 e. The molecule has 118 valence electrons. The first-order valence-corrected chi connectivity index (χ1v) is 8.16. The lowest BCUT2D eigenvalue weighted by atomic mass is 10.3. The normalized spacial score (nSPS) is 12.0. The lowest BCUT2D eigenvalue weighted by Crippen LogP contribution is -2.41. The van der Waals surface area contributed by atoms with Gasteiger partial charge in [-0.05, 0) is 13.8 Å². The number of imide groups is 1. The molecule has 0 saturated heterocycles. The third kappa shape index (κ3) is 4.53. The van der Waals surface area contributed by atoms with Crippen molar-refractivity contribution in [2.45, 2.75) is 30.7 Å². The van der Waals surface area contributed by atoms with Crippen LogP contribution in [-0.2, 0) is 11.2 Å². The maximum Gasteiger partial charge on any atom is 0.321 e. The second kappa shape index (κ2) is 7.36. The van der Waals surface area contributed by atoms with Crippen molar-refractivity contribution < 1.29 is 14.0 Å². The Labute approximate surface area is 135 Å². The lowest BCUT2D eigenvalue weighted by Gasteiger charge is -2.07. The molecule has 0 aliphatic heterocycles. The van der Waals surface area contributed by atoms with E-state index in [0.29, 0.717) is 12.3 Å². The molecular weight excluding hydrogens is 326 g/mol. The average Bonchev–Trinajstić information content (AvgIpc) is 3.08. The van der Waals surface area contributed by atoms with Gasteiger partial charge in [0.25, 0.3) is 5.22 Å². The van der Waals surface area contributed by atoms with Crippen LogP contribution in [0, 0.1) is 6.92 Å². The van der Waals surface area contributed by atoms with Crippen LogP contribution in [-0.4, -0.2) is 39.4 Å². The zero-order valence-corrected chi connectivity index (χ0v) is 13.9. The van der Waals surface area contributed by atoms with E-state index in [9.17, 15) is 9.59 Å². The van der Waals surface area contributed by atoms with Gasteiger partial charge in [0.05, 0.1) is 22.4 Å². The zero-order chi connectivity index (χ0) is 16.1. The molecule has 0 saturated carbocycles. The van der Waals surface area contributed by atoms with Gasteiger partial charge in [-0.1, -0.05) is 11.8 Å². The van der Waals surface area contributed by atoms with Crippen molar-refractivity contribution in [2.24, 2.45) is 0 Å². The highest BCUT2D eigenvalue weighted by Crippen LogP contribution is 2.22. The molecule has 2 N–H and O–H groups in total. The van der Waals surface area contributed by atoms with Gasteiger partial charge in [-0.25, -0.2) is 9.78 Å². The molecule has 0 aliphatic carbocycles. The van der Waals surface area contributed by atoms with Gasteiger partial charge < -0.3 is 9.73 Å². The first-order chi connectivity index (χ1) is 10.5. The molecule has 0 aromatic carbocycles. The highest BCUT2D eigenvalue weighted by Gasteiger charge is 2.20. The summed E-state index contributed by atoms with van der Waals surface area (Å²) in [7, 11) is 1.44. The molecule has 0 radical (unpaired) electrons. The van der Waals surface area contributed by atoms with Gasteiger partial charge in [-0.3, -0.25) is 10.1 Å². The fraction of sp³-hybridized carbons (Fsp3) is 0.417. The number of urea groups is 1. The quantitative estimate of drug-likeness (QED) is 0.790. The molecule has 2 aromatic heterocycles. The number of nitrogens with zero attached hydrogens (tertiary/aromatic N) is 3. The van der Waals surface area contributed by atoms with E-state index in [1.807, 2.05) is 12.3 Å². The van der Waals surface area contributed by atoms with Crippen LogP contribution in [0.4, 0.5) is 4.79 Å². The van der Waals surface area contributed by atoms with Crippen molar-refractivity contribution in [3.8, 4) is 0 Å². The van der Waals surface area contributed by atoms with E-state index in [2.05, 4.69) is 25.8 Å². The summed E-state index contributed by atoms with van der Waals surface area (Å²) in [6.07, 6.45) is 0.455. The van der Waals surface area contributed by atoms with Crippen LogP contribution in [0.3, 0.4) is 0 Å². The number of thiazole rings is 1. The second-order valence-electron chi connectivity index (χ2n) is 4.32. The predicted molar refractivity (Wildman–Crippen MR) is 81.9 cm³/mol. The van der Waals surface area contributed by atoms with Crippen LogP contribution in [0.15, 0.2) is 15.0 Å². The van der Waals surface area contributed by atoms with E-state index in [0.717, 1.165) is 22.5 Å². The standard InChI is InChI=1S/C12H15N5O3S2/c1-6(10(18)15-11(19)13-3)22-12-17-16-9(20-12)4-8-5-21-7(2)14-8/h5-6H,4H2,1-3H3,(H2,13,15,18,19)/t6-/m0/s1. The topological polar surface area (TPSA) is 110 Å². The van der Waals surface area contributed by atoms with Gasteiger partial charge >= 0.3 is 6.03 Å². The molecular formula is C12H15N5O3S2. The average molecular weight is 341 g/mol. The molecule has 0 aliphatic rings. The van der Waals surface area contributed by atoms with Gasteiger partial charge in [0.15, 0.2) is 0 Å². The molecule has 1 atom stereocenters. The lowest BCUT2D eigenvalue weighted by molar-refractivity contribution is -0.119. The summed E-state index contributed by atoms with van der Waals surface area (Å²) >= 11 is 2.65. The SMILES string of the molecule is CNC(=O)NC(=O)[C@H](C)Sc1nnc(Cc2csc(C)n2)o1. The number of aryl methyl sites for hydroxylation is 1. The van der Waals surface area contributed by atoms with Gasteiger partial charge in [0.2, 0.25) is 11.8 Å². The van der Waals surface area contributed by atoms with E-state index < -0.39 is 17.2 Å². The Morgan fingerprint density at radius 2 is 2.23 bits per heavy atom. The first-order valence-electron chi connectivity index (χ1n) is 6.40. The summed E-state index contributed by atoms with van der Waals surface area (Å²) in [5.74, 6) is 0.00550. The number of carbonyl (C=O) groups excluding carboxylic acids is 2. The van der Waals surface area contributed by atoms with Crippen molar-refractivity contribution in [3.63, 3.8) is 0 Å². The van der Waals surface area contributed by atoms with Crippen molar-refractivity contribution in [3.05, 3.63) is 22.0 Å². The molecule has 2 aromatic rings. The molecule has 10 heteroatoms. The van der Waals surface area contributed by atoms with Crippen molar-refractivity contribution in [1.29, 1.82) is 0 Å². The number of hydrogen-bond acceptors (Lipinski definition) is 8. The summed E-state index contributed by atoms with van der Waals surface area (Å²) in [4.78, 5) is 27.1. The Kier molecular flexibility index (Phi) is 5.50. The number of thioether (sulfide) groups is 1. The third-order valence-corrected chi connectivity index (χ3v) is 4.31. The largest absolute Gasteiger partial charge is 0.416 e. The zero-order valence-electron chi connectivity index (χ0n) is 12.2. The van der Waals surface area contributed by atoms with Gasteiger partial charge in [0.1, 0.15) is 0 Å². The molecule has 0 unspecified atom stereocenters. The summed E-state index contributed by atoms with van der Waals surface area (Å²) < 4.78 is 5.47. The number of amides is 3. The number of carbonyl (C=O) groups is 2. The van der Waals surface area contributed by atoms with E-state index >= 15 is 0 Å². The minimum atomic E-state index is -0.553. The number of nitrogens with one attached hydrogen (secondary N) is 2. The van der Waals surface area contributed by atoms with Gasteiger partial charge in [-0.15, -0.1) is 21.5 Å². The molecule has 0 fully saturated rings. The second-order valence-corrected chi connectivity index (χ2v) is 6.68. The summed E-state index contributed by atoms with van der Waals surface area (Å²) in [6, 6.07) is -0.553. The minimum absolute atomic E-state index is 0.279. The minimum Gasteiger partial charge on any atom is -0.416 e. The highest BCUT2D eigenvalue weighted by atomic mass is 32.2. The van der Waals surface area contributed by atoms with Crippen LogP contribution < -0.4 is 10.6 Å². The fourth-order valence-corrected chi connectivity index (χ4v) is 2.80. The van der Waals surface area contributed by atoms with E-state index in [4.69, 9.17) is 4.42 Å². The highest BCUT2D eigenvalue weighted by molar-refractivity contribution is 8.00. The van der Waals surface area contributed by atoms with Crippen LogP contribution in [0.5, 0.6) is 0 Å². The summed E-state index contributed by atoms with van der Waals surface area (Å²) in [5.41, 5.74) is 0.869. The number of aromatic nitrogens is 3. The summed E-state index contributed by atoms with van der Waals surface area (Å²) in [5, 5.41) is 15.0. The van der Waals surface area contributed by atoms with E-state index in [-0.39, 0.29) is 5.22 Å². The molecule has 2 rings (SSSR count). The molecule has 0 spiro atoms. The number of hydrogen-bond donors (Lipinski definition) is 2. The van der Waals surface area contributed by atoms with E-state index in [1.54, 1.807) is 18.3 Å². The van der Waals surface area contributed by atoms with Crippen molar-refractivity contribution in [2.75, 3.05) is 7.05 Å². The molecule has 0 bridgehead atoms.